The van der Waals surface area contributed by atoms with E-state index in [0.717, 1.165) is 19.1 Å². The number of alkyl halides is 6. The molecule has 6 nitrogen and oxygen atoms in total. The Balaban J connectivity index is 2.70. The van der Waals surface area contributed by atoms with E-state index in [2.05, 4.69) is 4.74 Å². The average molecular weight is 505 g/mol. The van der Waals surface area contributed by atoms with Crippen molar-refractivity contribution in [3.8, 4) is 0 Å². The molecule has 1 atom stereocenters. The average Bonchev–Trinajstić information content (AvgIpc) is 2.68. The summed E-state index contributed by atoms with van der Waals surface area (Å²) >= 11 is 5.75. The van der Waals surface area contributed by atoms with Crippen LogP contribution in [0.1, 0.15) is 12.5 Å². The predicted octanol–water partition coefficient (Wildman–Crippen LogP) is 4.57. The molecule has 14 heteroatoms. The van der Waals surface area contributed by atoms with Crippen LogP contribution in [0.25, 0.3) is 0 Å². The van der Waals surface area contributed by atoms with E-state index in [1.807, 2.05) is 0 Å². The number of carbonyl (C=O) groups excluding carboxylic acids is 1. The predicted molar refractivity (Wildman–Crippen MR) is 102 cm³/mol. The molecule has 0 unspecified atom stereocenters. The number of anilines is 1. The zero-order chi connectivity index (χ0) is 24.4. The van der Waals surface area contributed by atoms with Gasteiger partial charge in [-0.25, -0.2) is 13.2 Å². The normalized spacial score (nSPS) is 14.5. The number of benzene rings is 2. The van der Waals surface area contributed by atoms with Crippen LogP contribution >= 0.6 is 11.6 Å². The van der Waals surface area contributed by atoms with Gasteiger partial charge in [-0.05, 0) is 37.3 Å². The van der Waals surface area contributed by atoms with Crippen LogP contribution in [0.4, 0.5) is 32.0 Å². The quantitative estimate of drug-likeness (QED) is 0.328. The maximum absolute atomic E-state index is 14.2. The van der Waals surface area contributed by atoms with E-state index in [1.54, 1.807) is 0 Å². The molecule has 0 saturated heterocycles. The molecule has 0 aromatic heterocycles. The van der Waals surface area contributed by atoms with Gasteiger partial charge in [0.2, 0.25) is 10.0 Å². The molecule has 0 aliphatic rings. The maximum Gasteiger partial charge on any atom is 0.437 e. The van der Waals surface area contributed by atoms with Crippen molar-refractivity contribution in [2.75, 3.05) is 11.9 Å². The number of esters is 1. The Labute approximate surface area is 183 Å². The van der Waals surface area contributed by atoms with E-state index >= 15 is 0 Å². The highest BCUT2D eigenvalue weighted by Gasteiger charge is 2.64. The number of carbonyl (C=O) groups is 1. The largest absolute Gasteiger partial charge is 0.463 e. The molecule has 0 heterocycles. The Morgan fingerprint density at radius 1 is 1.03 bits per heavy atom. The zero-order valence-corrected chi connectivity index (χ0v) is 17.6. The van der Waals surface area contributed by atoms with E-state index in [4.69, 9.17) is 11.6 Å². The molecule has 0 spiro atoms. The lowest BCUT2D eigenvalue weighted by Crippen LogP contribution is -2.69. The summed E-state index contributed by atoms with van der Waals surface area (Å²) in [5.41, 5.74) is -6.61. The van der Waals surface area contributed by atoms with Crippen LogP contribution in [-0.4, -0.2) is 32.8 Å². The van der Waals surface area contributed by atoms with Gasteiger partial charge in [0.15, 0.2) is 0 Å². The fourth-order valence-corrected chi connectivity index (χ4v) is 3.91. The van der Waals surface area contributed by atoms with Crippen molar-refractivity contribution in [1.29, 1.82) is 0 Å². The Hall–Kier alpha value is -2.51. The smallest absolute Gasteiger partial charge is 0.437 e. The Bertz CT molecular complexity index is 1080. The van der Waals surface area contributed by atoms with Crippen molar-refractivity contribution < 1.29 is 44.3 Å². The molecule has 32 heavy (non-hydrogen) atoms. The molecule has 0 amide bonds. The van der Waals surface area contributed by atoms with Crippen LogP contribution < -0.4 is 10.0 Å². The minimum absolute atomic E-state index is 0.207. The van der Waals surface area contributed by atoms with Crippen molar-refractivity contribution in [1.82, 2.24) is 4.72 Å². The van der Waals surface area contributed by atoms with E-state index in [0.29, 0.717) is 12.1 Å². The van der Waals surface area contributed by atoms with Gasteiger partial charge in [0.1, 0.15) is 0 Å². The van der Waals surface area contributed by atoms with Gasteiger partial charge in [-0.3, -0.25) is 0 Å². The first kappa shape index (κ1) is 25.7. The number of rotatable bonds is 7. The summed E-state index contributed by atoms with van der Waals surface area (Å²) in [5.74, 6) is -2.15. The first-order valence-electron chi connectivity index (χ1n) is 8.62. The second-order valence-electron chi connectivity index (χ2n) is 6.20. The Morgan fingerprint density at radius 3 is 2.12 bits per heavy atom. The van der Waals surface area contributed by atoms with Gasteiger partial charge in [0.25, 0.3) is 5.66 Å². The minimum Gasteiger partial charge on any atom is -0.463 e. The number of hydrogen-bond acceptors (Lipinski definition) is 5. The lowest BCUT2D eigenvalue weighted by atomic mass is 10.1. The van der Waals surface area contributed by atoms with Crippen LogP contribution in [0.5, 0.6) is 0 Å². The molecule has 2 aromatic rings. The topological polar surface area (TPSA) is 84.5 Å². The van der Waals surface area contributed by atoms with Gasteiger partial charge in [0.05, 0.1) is 27.8 Å². The van der Waals surface area contributed by atoms with Crippen molar-refractivity contribution >= 4 is 33.3 Å². The standard InChI is InChI=1S/C18H15ClF6N2O4S/c1-2-31-15(28)16(18(23,24)25,27-32(29,30)12-6-4-3-5-7-12)26-14-10-11(17(20,21)22)8-9-13(14)19/h3-10,26-27H,2H2,1H3/t16-/m0/s1. The second-order valence-corrected chi connectivity index (χ2v) is 8.29. The molecular formula is C18H15ClF6N2O4S. The fourth-order valence-electron chi connectivity index (χ4n) is 2.46. The summed E-state index contributed by atoms with van der Waals surface area (Å²) in [7, 11) is -5.03. The zero-order valence-electron chi connectivity index (χ0n) is 16.0. The summed E-state index contributed by atoms with van der Waals surface area (Å²) in [6.07, 6.45) is -10.7. The number of nitrogens with one attached hydrogen (secondary N) is 2. The molecule has 2 rings (SSSR count). The second kappa shape index (κ2) is 9.16. The summed E-state index contributed by atoms with van der Waals surface area (Å²) in [5, 5.41) is 0.858. The van der Waals surface area contributed by atoms with Crippen LogP contribution in [0.15, 0.2) is 53.4 Å². The summed E-state index contributed by atoms with van der Waals surface area (Å²) in [6.45, 7) is 0.559. The van der Waals surface area contributed by atoms with Crippen molar-refractivity contribution in [3.05, 3.63) is 59.1 Å². The van der Waals surface area contributed by atoms with Crippen LogP contribution in [0.3, 0.4) is 0 Å². The molecule has 0 bridgehead atoms. The molecule has 2 N–H and O–H groups in total. The first-order chi connectivity index (χ1) is 14.6. The SMILES string of the molecule is CCOC(=O)[C@](Nc1cc(C(F)(F)F)ccc1Cl)(NS(=O)(=O)c1ccccc1)C(F)(F)F. The third-order valence-electron chi connectivity index (χ3n) is 3.96. The van der Waals surface area contributed by atoms with Gasteiger partial charge < -0.3 is 10.1 Å². The third-order valence-corrected chi connectivity index (χ3v) is 5.76. The Kier molecular flexibility index (Phi) is 7.37. The summed E-state index contributed by atoms with van der Waals surface area (Å²) in [6, 6.07) is 7.07. The molecule has 0 fully saturated rings. The molecule has 176 valence electrons. The third kappa shape index (κ3) is 5.45. The lowest BCUT2D eigenvalue weighted by molar-refractivity contribution is -0.202. The molecule has 0 radical (unpaired) electrons. The van der Waals surface area contributed by atoms with Crippen LogP contribution in [0.2, 0.25) is 5.02 Å². The van der Waals surface area contributed by atoms with Gasteiger partial charge in [-0.1, -0.05) is 29.8 Å². The molecule has 0 aliphatic carbocycles. The van der Waals surface area contributed by atoms with Crippen molar-refractivity contribution in [3.63, 3.8) is 0 Å². The van der Waals surface area contributed by atoms with E-state index in [-0.39, 0.29) is 6.07 Å². The number of ether oxygens (including phenoxy) is 1. The summed E-state index contributed by atoms with van der Waals surface area (Å²) in [4.78, 5) is 11.8. The highest BCUT2D eigenvalue weighted by atomic mass is 35.5. The summed E-state index contributed by atoms with van der Waals surface area (Å²) < 4.78 is 113. The van der Waals surface area contributed by atoms with Crippen LogP contribution in [-0.2, 0) is 25.7 Å². The van der Waals surface area contributed by atoms with Crippen molar-refractivity contribution in [2.24, 2.45) is 0 Å². The number of halogens is 7. The van der Waals surface area contributed by atoms with Gasteiger partial charge >= 0.3 is 18.3 Å². The molecule has 0 saturated carbocycles. The number of sulfonamides is 1. The minimum atomic E-state index is -5.72. The molecule has 2 aromatic carbocycles. The fraction of sp³-hybridized carbons (Fsp3) is 0.278. The van der Waals surface area contributed by atoms with Gasteiger partial charge in [-0.2, -0.15) is 31.1 Å². The maximum atomic E-state index is 14.2. The highest BCUT2D eigenvalue weighted by molar-refractivity contribution is 7.89. The molecular weight excluding hydrogens is 490 g/mol. The molecule has 0 aliphatic heterocycles. The van der Waals surface area contributed by atoms with Gasteiger partial charge in [-0.15, -0.1) is 0 Å². The van der Waals surface area contributed by atoms with E-state index in [9.17, 15) is 39.6 Å². The van der Waals surface area contributed by atoms with E-state index < -0.39 is 61.8 Å². The lowest BCUT2D eigenvalue weighted by Gasteiger charge is -2.35. The van der Waals surface area contributed by atoms with E-state index in [1.165, 1.54) is 28.2 Å². The van der Waals surface area contributed by atoms with Gasteiger partial charge in [0, 0.05) is 0 Å². The highest BCUT2D eigenvalue weighted by Crippen LogP contribution is 2.39. The Morgan fingerprint density at radius 2 is 1.62 bits per heavy atom. The first-order valence-corrected chi connectivity index (χ1v) is 10.5. The van der Waals surface area contributed by atoms with Crippen molar-refractivity contribution in [2.45, 2.75) is 29.8 Å². The van der Waals surface area contributed by atoms with Crippen LogP contribution in [0, 0.1) is 0 Å². The monoisotopic (exact) mass is 504 g/mol. The number of hydrogen-bond donors (Lipinski definition) is 2.